The zero-order valence-electron chi connectivity index (χ0n) is 21.9. The third-order valence-electron chi connectivity index (χ3n) is 8.21. The molecule has 6 nitrogen and oxygen atoms in total. The van der Waals surface area contributed by atoms with E-state index in [0.717, 1.165) is 16.8 Å². The van der Waals surface area contributed by atoms with Gasteiger partial charge >= 0.3 is 0 Å². The third kappa shape index (κ3) is 3.22. The number of amides is 1. The fourth-order valence-electron chi connectivity index (χ4n) is 6.50. The summed E-state index contributed by atoms with van der Waals surface area (Å²) >= 11 is 0. The lowest BCUT2D eigenvalue weighted by molar-refractivity contribution is -0.128. The lowest BCUT2D eigenvalue weighted by atomic mass is 9.63. The number of benzene rings is 3. The standard InChI is InChI=1S/C32H30N2O4/c1-31(2,3)29(36)27-26(28(35)20-13-16-21(38-4)17-14-20)32(22-10-6-7-11-23(22)33-30(32)37)25-18-15-19-9-5-8-12-24(19)34(25)27/h5-18,25-27H,1-4H3,(H,33,37)/t25-,26+,27-,32+/m1/s1. The SMILES string of the molecule is COc1ccc(C(=O)[C@@H]2[C@H](C(=O)C(C)(C)C)N3c4ccccc4C=C[C@@H]3[C@]23C(=O)Nc2ccccc23)cc1. The minimum atomic E-state index is -1.29. The Morgan fingerprint density at radius 2 is 1.63 bits per heavy atom. The number of methoxy groups -OCH3 is 1. The van der Waals surface area contributed by atoms with E-state index >= 15 is 0 Å². The first-order valence-electron chi connectivity index (χ1n) is 12.9. The Labute approximate surface area is 222 Å². The van der Waals surface area contributed by atoms with Crippen LogP contribution in [0.4, 0.5) is 11.4 Å². The molecule has 1 saturated heterocycles. The van der Waals surface area contributed by atoms with E-state index in [1.807, 2.05) is 86.4 Å². The van der Waals surface area contributed by atoms with Crippen molar-refractivity contribution in [3.05, 3.63) is 95.6 Å². The van der Waals surface area contributed by atoms with Crippen molar-refractivity contribution in [1.82, 2.24) is 0 Å². The molecule has 4 atom stereocenters. The largest absolute Gasteiger partial charge is 0.497 e. The fraction of sp³-hybridized carbons (Fsp3) is 0.281. The summed E-state index contributed by atoms with van der Waals surface area (Å²) in [6.45, 7) is 5.62. The highest BCUT2D eigenvalue weighted by Gasteiger charge is 2.70. The lowest BCUT2D eigenvalue weighted by Crippen LogP contribution is -2.51. The molecule has 1 spiro atoms. The molecule has 3 aromatic rings. The monoisotopic (exact) mass is 506 g/mol. The number of para-hydroxylation sites is 2. The molecule has 3 aromatic carbocycles. The summed E-state index contributed by atoms with van der Waals surface area (Å²) in [5.41, 5.74) is 1.64. The van der Waals surface area contributed by atoms with E-state index in [0.29, 0.717) is 17.0 Å². The van der Waals surface area contributed by atoms with Gasteiger partial charge in [0.05, 0.1) is 19.1 Å². The van der Waals surface area contributed by atoms with Gasteiger partial charge in [-0.2, -0.15) is 0 Å². The quantitative estimate of drug-likeness (QED) is 0.487. The number of ether oxygens (including phenoxy) is 1. The Kier molecular flexibility index (Phi) is 5.35. The maximum atomic E-state index is 14.6. The van der Waals surface area contributed by atoms with Crippen LogP contribution in [-0.2, 0) is 15.0 Å². The van der Waals surface area contributed by atoms with Gasteiger partial charge in [0.25, 0.3) is 0 Å². The molecule has 6 rings (SSSR count). The fourth-order valence-corrected chi connectivity index (χ4v) is 6.50. The van der Waals surface area contributed by atoms with Gasteiger partial charge in [0.1, 0.15) is 17.2 Å². The molecule has 0 bridgehead atoms. The second-order valence-corrected chi connectivity index (χ2v) is 11.3. The molecule has 0 aromatic heterocycles. The molecule has 0 saturated carbocycles. The smallest absolute Gasteiger partial charge is 0.238 e. The molecule has 1 N–H and O–H groups in total. The summed E-state index contributed by atoms with van der Waals surface area (Å²) < 4.78 is 5.30. The van der Waals surface area contributed by atoms with Crippen LogP contribution in [0.25, 0.3) is 6.08 Å². The van der Waals surface area contributed by atoms with Gasteiger partial charge in [-0.15, -0.1) is 0 Å². The molecular formula is C32H30N2O4. The van der Waals surface area contributed by atoms with Crippen molar-refractivity contribution in [2.24, 2.45) is 11.3 Å². The summed E-state index contributed by atoms with van der Waals surface area (Å²) in [6, 6.07) is 20.9. The van der Waals surface area contributed by atoms with Gasteiger partial charge in [-0.3, -0.25) is 14.4 Å². The number of nitrogens with zero attached hydrogens (tertiary/aromatic N) is 1. The summed E-state index contributed by atoms with van der Waals surface area (Å²) in [4.78, 5) is 45.3. The Hall–Kier alpha value is -4.19. The summed E-state index contributed by atoms with van der Waals surface area (Å²) in [7, 11) is 1.57. The van der Waals surface area contributed by atoms with Crippen LogP contribution < -0.4 is 15.0 Å². The summed E-state index contributed by atoms with van der Waals surface area (Å²) in [6.07, 6.45) is 4.00. The van der Waals surface area contributed by atoms with Gasteiger partial charge in [0.15, 0.2) is 11.6 Å². The number of carbonyl (C=O) groups is 3. The van der Waals surface area contributed by atoms with Gasteiger partial charge < -0.3 is 15.0 Å². The van der Waals surface area contributed by atoms with Crippen LogP contribution in [0, 0.1) is 11.3 Å². The topological polar surface area (TPSA) is 75.7 Å². The Balaban J connectivity index is 1.66. The van der Waals surface area contributed by atoms with Crippen LogP contribution in [0.5, 0.6) is 5.75 Å². The van der Waals surface area contributed by atoms with Crippen molar-refractivity contribution < 1.29 is 19.1 Å². The average molecular weight is 507 g/mol. The first-order chi connectivity index (χ1) is 18.2. The van der Waals surface area contributed by atoms with E-state index < -0.39 is 28.8 Å². The predicted molar refractivity (Wildman–Crippen MR) is 148 cm³/mol. The van der Waals surface area contributed by atoms with Gasteiger partial charge in [0, 0.05) is 22.4 Å². The van der Waals surface area contributed by atoms with E-state index in [-0.39, 0.29) is 17.5 Å². The number of fused-ring (bicyclic) bond motifs is 6. The van der Waals surface area contributed by atoms with Crippen molar-refractivity contribution in [3.8, 4) is 5.75 Å². The van der Waals surface area contributed by atoms with Crippen LogP contribution in [-0.4, -0.2) is 36.7 Å². The molecule has 1 fully saturated rings. The molecule has 3 heterocycles. The number of hydrogen-bond acceptors (Lipinski definition) is 5. The van der Waals surface area contributed by atoms with Crippen LogP contribution in [0.3, 0.4) is 0 Å². The number of nitrogens with one attached hydrogen (secondary N) is 1. The zero-order chi connectivity index (χ0) is 26.8. The Morgan fingerprint density at radius 3 is 2.34 bits per heavy atom. The Bertz CT molecular complexity index is 1500. The lowest BCUT2D eigenvalue weighted by Gasteiger charge is -2.38. The molecule has 38 heavy (non-hydrogen) atoms. The molecule has 0 radical (unpaired) electrons. The van der Waals surface area contributed by atoms with E-state index in [1.54, 1.807) is 31.4 Å². The highest BCUT2D eigenvalue weighted by Crippen LogP contribution is 2.58. The second kappa shape index (κ2) is 8.42. The number of ketones is 2. The first kappa shape index (κ1) is 24.2. The van der Waals surface area contributed by atoms with Gasteiger partial charge in [-0.1, -0.05) is 69.3 Å². The summed E-state index contributed by atoms with van der Waals surface area (Å²) in [5, 5.41) is 3.06. The molecule has 1 amide bonds. The highest BCUT2D eigenvalue weighted by atomic mass is 16.5. The van der Waals surface area contributed by atoms with Crippen molar-refractivity contribution in [1.29, 1.82) is 0 Å². The van der Waals surface area contributed by atoms with E-state index in [9.17, 15) is 14.4 Å². The van der Waals surface area contributed by atoms with Crippen molar-refractivity contribution >= 4 is 34.9 Å². The zero-order valence-corrected chi connectivity index (χ0v) is 21.9. The number of carbonyl (C=O) groups excluding carboxylic acids is 3. The second-order valence-electron chi connectivity index (χ2n) is 11.3. The van der Waals surface area contributed by atoms with Crippen LogP contribution in [0.1, 0.15) is 42.3 Å². The molecule has 3 aliphatic rings. The van der Waals surface area contributed by atoms with Crippen LogP contribution >= 0.6 is 0 Å². The maximum absolute atomic E-state index is 14.6. The summed E-state index contributed by atoms with van der Waals surface area (Å²) in [5.74, 6) is -0.889. The minimum Gasteiger partial charge on any atom is -0.497 e. The van der Waals surface area contributed by atoms with Gasteiger partial charge in [-0.05, 0) is 47.5 Å². The number of rotatable bonds is 4. The van der Waals surface area contributed by atoms with Crippen molar-refractivity contribution in [2.45, 2.75) is 38.3 Å². The Morgan fingerprint density at radius 1 is 0.947 bits per heavy atom. The maximum Gasteiger partial charge on any atom is 0.238 e. The van der Waals surface area contributed by atoms with Gasteiger partial charge in [-0.25, -0.2) is 0 Å². The molecule has 0 unspecified atom stereocenters. The highest BCUT2D eigenvalue weighted by molar-refractivity contribution is 6.17. The van der Waals surface area contributed by atoms with E-state index in [1.165, 1.54) is 0 Å². The van der Waals surface area contributed by atoms with E-state index in [2.05, 4.69) is 5.32 Å². The molecular weight excluding hydrogens is 476 g/mol. The normalized spacial score (nSPS) is 25.0. The first-order valence-corrected chi connectivity index (χ1v) is 12.9. The van der Waals surface area contributed by atoms with Gasteiger partial charge in [0.2, 0.25) is 5.91 Å². The van der Waals surface area contributed by atoms with Crippen LogP contribution in [0.15, 0.2) is 78.9 Å². The van der Waals surface area contributed by atoms with Crippen molar-refractivity contribution in [3.63, 3.8) is 0 Å². The average Bonchev–Trinajstić information content (AvgIpc) is 3.40. The van der Waals surface area contributed by atoms with Crippen molar-refractivity contribution in [2.75, 3.05) is 17.3 Å². The molecule has 6 heteroatoms. The number of anilines is 2. The molecule has 0 aliphatic carbocycles. The predicted octanol–water partition coefficient (Wildman–Crippen LogP) is 5.28. The molecule has 3 aliphatic heterocycles. The third-order valence-corrected chi connectivity index (χ3v) is 8.21. The number of Topliss-reactive ketones (excluding diaryl/α,β-unsaturated/α-hetero) is 2. The minimum absolute atomic E-state index is 0.0754. The van der Waals surface area contributed by atoms with Crippen LogP contribution in [0.2, 0.25) is 0 Å². The van der Waals surface area contributed by atoms with E-state index in [4.69, 9.17) is 4.74 Å². The number of hydrogen-bond donors (Lipinski definition) is 1. The molecule has 192 valence electrons.